The van der Waals surface area contributed by atoms with Gasteiger partial charge in [0, 0.05) is 0 Å². The van der Waals surface area contributed by atoms with Crippen LogP contribution in [0.1, 0.15) is 1.43 Å². The Balaban J connectivity index is -0.0000000800. The van der Waals surface area contributed by atoms with E-state index in [9.17, 15) is 0 Å². The standard InChI is InChI=1S/CCl4.K.H/c2-1(3,4)5;;/q;+1;-1. The van der Waals surface area contributed by atoms with Crippen molar-refractivity contribution in [3.63, 3.8) is 0 Å². The predicted octanol–water partition coefficient (Wildman–Crippen LogP) is -0.331. The number of halogens is 4. The van der Waals surface area contributed by atoms with E-state index < -0.39 is 3.25 Å². The summed E-state index contributed by atoms with van der Waals surface area (Å²) in [5.74, 6) is 0. The minimum Gasteiger partial charge on any atom is -1.00 e. The Bertz CT molecular complexity index is 27.2. The molecule has 0 aromatic heterocycles. The molecular formula is CHCl4K. The minimum absolute atomic E-state index is 0. The summed E-state index contributed by atoms with van der Waals surface area (Å²) < 4.78 is -1.61. The molecule has 0 amide bonds. The zero-order valence-corrected chi connectivity index (χ0v) is 9.16. The maximum atomic E-state index is 4.83. The molecule has 6 heavy (non-hydrogen) atoms. The van der Waals surface area contributed by atoms with Crippen LogP contribution in [0.25, 0.3) is 0 Å². The summed E-state index contributed by atoms with van der Waals surface area (Å²) in [6.45, 7) is 0. The van der Waals surface area contributed by atoms with Crippen LogP contribution in [0.3, 0.4) is 0 Å². The zero-order chi connectivity index (χ0) is 4.50. The topological polar surface area (TPSA) is 0 Å². The van der Waals surface area contributed by atoms with E-state index >= 15 is 0 Å². The fourth-order valence-electron chi connectivity index (χ4n) is 0. The van der Waals surface area contributed by atoms with E-state index in [4.69, 9.17) is 46.4 Å². The van der Waals surface area contributed by atoms with Gasteiger partial charge in [-0.1, -0.05) is 46.4 Å². The molecule has 0 aliphatic carbocycles. The van der Waals surface area contributed by atoms with Gasteiger partial charge in [-0.2, -0.15) is 0 Å². The van der Waals surface area contributed by atoms with Gasteiger partial charge in [0.05, 0.1) is 0 Å². The minimum atomic E-state index is -1.61. The molecule has 0 bridgehead atoms. The fraction of sp³-hybridized carbons (Fsp3) is 1.00. The summed E-state index contributed by atoms with van der Waals surface area (Å²) in [7, 11) is 0. The first-order valence-corrected chi connectivity index (χ1v) is 2.27. The zero-order valence-electron chi connectivity index (χ0n) is 4.01. The van der Waals surface area contributed by atoms with Gasteiger partial charge in [0.15, 0.2) is 0 Å². The molecule has 0 saturated carbocycles. The third-order valence-corrected chi connectivity index (χ3v) is 0. The van der Waals surface area contributed by atoms with Crippen molar-refractivity contribution in [3.8, 4) is 0 Å². The normalized spacial score (nSPS) is 10.0. The molecule has 0 fully saturated rings. The number of hydrogen-bond donors (Lipinski definition) is 0. The van der Waals surface area contributed by atoms with Crippen LogP contribution in [0.15, 0.2) is 0 Å². The summed E-state index contributed by atoms with van der Waals surface area (Å²) in [5, 5.41) is 0. The average molecular weight is 194 g/mol. The van der Waals surface area contributed by atoms with Gasteiger partial charge in [-0.15, -0.1) is 0 Å². The van der Waals surface area contributed by atoms with Gasteiger partial charge in [-0.25, -0.2) is 0 Å². The van der Waals surface area contributed by atoms with E-state index in [2.05, 4.69) is 0 Å². The SMILES string of the molecule is ClC(Cl)(Cl)Cl.[H-].[K+]. The van der Waals surface area contributed by atoms with Crippen LogP contribution in [0, 0.1) is 0 Å². The molecule has 0 aromatic rings. The van der Waals surface area contributed by atoms with Crippen molar-refractivity contribution in [1.29, 1.82) is 0 Å². The van der Waals surface area contributed by atoms with E-state index in [1.807, 2.05) is 0 Å². The number of alkyl halides is 4. The van der Waals surface area contributed by atoms with Crippen molar-refractivity contribution in [2.24, 2.45) is 0 Å². The Kier molecular flexibility index (Phi) is 8.98. The van der Waals surface area contributed by atoms with E-state index in [-0.39, 0.29) is 52.8 Å². The van der Waals surface area contributed by atoms with Crippen LogP contribution in [0.4, 0.5) is 0 Å². The Morgan fingerprint density at radius 3 is 1.00 bits per heavy atom. The summed E-state index contributed by atoms with van der Waals surface area (Å²) in [5.41, 5.74) is 0. The molecule has 0 N–H and O–H groups in total. The van der Waals surface area contributed by atoms with E-state index in [1.165, 1.54) is 0 Å². The molecule has 0 heterocycles. The second-order valence-corrected chi connectivity index (χ2v) is 3.86. The first-order chi connectivity index (χ1) is 2.00. The van der Waals surface area contributed by atoms with E-state index in [0.717, 1.165) is 0 Å². The smallest absolute Gasteiger partial charge is 1.00 e. The van der Waals surface area contributed by atoms with Crippen LogP contribution >= 0.6 is 46.4 Å². The number of hydrogen-bond acceptors (Lipinski definition) is 0. The van der Waals surface area contributed by atoms with Gasteiger partial charge in [0.2, 0.25) is 0 Å². The Labute approximate surface area is 100 Å². The Morgan fingerprint density at radius 1 is 1.00 bits per heavy atom. The third kappa shape index (κ3) is 29.2. The summed E-state index contributed by atoms with van der Waals surface area (Å²) in [6, 6.07) is 0. The van der Waals surface area contributed by atoms with Gasteiger partial charge in [-0.3, -0.25) is 0 Å². The Morgan fingerprint density at radius 2 is 1.00 bits per heavy atom. The molecule has 0 aliphatic rings. The first kappa shape index (κ1) is 11.6. The van der Waals surface area contributed by atoms with Crippen LogP contribution in [0.2, 0.25) is 0 Å². The average Bonchev–Trinajstić information content (AvgIpc) is 0.722. The van der Waals surface area contributed by atoms with Crippen molar-refractivity contribution in [2.45, 2.75) is 3.25 Å². The maximum absolute atomic E-state index is 4.83. The van der Waals surface area contributed by atoms with Crippen molar-refractivity contribution < 1.29 is 52.8 Å². The van der Waals surface area contributed by atoms with Gasteiger partial charge in [-0.05, 0) is 0 Å². The molecule has 0 radical (unpaired) electrons. The van der Waals surface area contributed by atoms with Crippen LogP contribution < -0.4 is 51.4 Å². The molecule has 34 valence electrons. The van der Waals surface area contributed by atoms with Gasteiger partial charge < -0.3 is 1.43 Å². The molecule has 0 saturated heterocycles. The molecule has 0 atom stereocenters. The van der Waals surface area contributed by atoms with Crippen LogP contribution in [0.5, 0.6) is 0 Å². The molecule has 0 aliphatic heterocycles. The van der Waals surface area contributed by atoms with Crippen LogP contribution in [-0.4, -0.2) is 3.25 Å². The first-order valence-electron chi connectivity index (χ1n) is 0.756. The second kappa shape index (κ2) is 4.65. The summed E-state index contributed by atoms with van der Waals surface area (Å²) in [6.07, 6.45) is 0. The molecular weight excluding hydrogens is 193 g/mol. The number of rotatable bonds is 0. The molecule has 0 nitrogen and oxygen atoms in total. The molecule has 0 rings (SSSR count). The predicted molar refractivity (Wildman–Crippen MR) is 27.3 cm³/mol. The fourth-order valence-corrected chi connectivity index (χ4v) is 0. The van der Waals surface area contributed by atoms with E-state index in [1.54, 1.807) is 0 Å². The summed E-state index contributed by atoms with van der Waals surface area (Å²) in [4.78, 5) is 0. The largest absolute Gasteiger partial charge is 1.00 e. The van der Waals surface area contributed by atoms with Gasteiger partial charge in [0.1, 0.15) is 0 Å². The molecule has 5 heteroatoms. The summed E-state index contributed by atoms with van der Waals surface area (Å²) >= 11 is 19.3. The van der Waals surface area contributed by atoms with Crippen molar-refractivity contribution in [2.75, 3.05) is 0 Å². The Hall–Kier alpha value is 2.80. The molecule has 0 spiro atoms. The van der Waals surface area contributed by atoms with E-state index in [0.29, 0.717) is 0 Å². The third-order valence-electron chi connectivity index (χ3n) is 0. The van der Waals surface area contributed by atoms with Crippen molar-refractivity contribution in [1.82, 2.24) is 0 Å². The van der Waals surface area contributed by atoms with Crippen molar-refractivity contribution in [3.05, 3.63) is 0 Å². The molecule has 0 aromatic carbocycles. The maximum Gasteiger partial charge on any atom is 1.00 e. The quantitative estimate of drug-likeness (QED) is 0.365. The second-order valence-electron chi connectivity index (χ2n) is 0.429. The van der Waals surface area contributed by atoms with Gasteiger partial charge >= 0.3 is 51.4 Å². The monoisotopic (exact) mass is 192 g/mol. The van der Waals surface area contributed by atoms with Crippen LogP contribution in [-0.2, 0) is 0 Å². The van der Waals surface area contributed by atoms with Gasteiger partial charge in [0.25, 0.3) is 3.25 Å². The molecule has 0 unspecified atom stereocenters. The van der Waals surface area contributed by atoms with Crippen molar-refractivity contribution >= 4 is 46.4 Å².